The number of carbonyl (C=O) groups is 1. The SMILES string of the molecule is C/C(=N\N=C(N)N)c1cccc(C(=O)Nc2ccc(Nc3ccnc4ccc(N(C)C)cc34)cc2)c1.Cl.Cl. The molecule has 0 bridgehead atoms. The van der Waals surface area contributed by atoms with E-state index in [1.54, 1.807) is 31.3 Å². The van der Waals surface area contributed by atoms with Gasteiger partial charge in [0.1, 0.15) is 0 Å². The molecule has 198 valence electrons. The van der Waals surface area contributed by atoms with Gasteiger partial charge in [-0.3, -0.25) is 9.78 Å². The maximum atomic E-state index is 12.8. The summed E-state index contributed by atoms with van der Waals surface area (Å²) in [5.41, 5.74) is 17.0. The lowest BCUT2D eigenvalue weighted by molar-refractivity contribution is 0.102. The number of hydrogen-bond acceptors (Lipinski definition) is 6. The molecule has 4 aromatic rings. The van der Waals surface area contributed by atoms with Gasteiger partial charge in [-0.25, -0.2) is 0 Å². The van der Waals surface area contributed by atoms with Gasteiger partial charge in [0.15, 0.2) is 0 Å². The van der Waals surface area contributed by atoms with Crippen molar-refractivity contribution < 1.29 is 4.79 Å². The van der Waals surface area contributed by atoms with Crippen LogP contribution in [0.1, 0.15) is 22.8 Å². The number of nitrogens with zero attached hydrogens (tertiary/aromatic N) is 4. The number of nitrogens with one attached hydrogen (secondary N) is 2. The van der Waals surface area contributed by atoms with Crippen molar-refractivity contribution in [1.29, 1.82) is 0 Å². The van der Waals surface area contributed by atoms with Crippen LogP contribution in [-0.2, 0) is 0 Å². The van der Waals surface area contributed by atoms with Crippen molar-refractivity contribution in [2.75, 3.05) is 29.6 Å². The van der Waals surface area contributed by atoms with Crippen LogP contribution in [0.3, 0.4) is 0 Å². The highest BCUT2D eigenvalue weighted by atomic mass is 35.5. The highest BCUT2D eigenvalue weighted by Crippen LogP contribution is 2.29. The summed E-state index contributed by atoms with van der Waals surface area (Å²) in [6, 6.07) is 22.7. The van der Waals surface area contributed by atoms with Crippen molar-refractivity contribution in [3.8, 4) is 0 Å². The fourth-order valence-corrected chi connectivity index (χ4v) is 3.59. The van der Waals surface area contributed by atoms with E-state index in [1.165, 1.54) is 0 Å². The Morgan fingerprint density at radius 2 is 1.55 bits per heavy atom. The molecule has 6 N–H and O–H groups in total. The molecule has 0 saturated carbocycles. The monoisotopic (exact) mass is 552 g/mol. The van der Waals surface area contributed by atoms with E-state index >= 15 is 0 Å². The number of amides is 1. The van der Waals surface area contributed by atoms with Crippen molar-refractivity contribution in [3.63, 3.8) is 0 Å². The minimum Gasteiger partial charge on any atom is -0.378 e. The molecule has 0 unspecified atom stereocenters. The Morgan fingerprint density at radius 3 is 2.24 bits per heavy atom. The summed E-state index contributed by atoms with van der Waals surface area (Å²) >= 11 is 0. The summed E-state index contributed by atoms with van der Waals surface area (Å²) in [5.74, 6) is -0.361. The summed E-state index contributed by atoms with van der Waals surface area (Å²) in [6.07, 6.45) is 1.78. The number of nitrogens with two attached hydrogens (primary N) is 2. The Kier molecular flexibility index (Phi) is 10.4. The fraction of sp³-hybridized carbons (Fsp3) is 0.111. The summed E-state index contributed by atoms with van der Waals surface area (Å²) < 4.78 is 0. The topological polar surface area (TPSA) is 134 Å². The molecule has 0 radical (unpaired) electrons. The zero-order valence-electron chi connectivity index (χ0n) is 21.2. The predicted molar refractivity (Wildman–Crippen MR) is 163 cm³/mol. The normalized spacial score (nSPS) is 10.6. The molecule has 0 spiro atoms. The molecule has 1 aromatic heterocycles. The van der Waals surface area contributed by atoms with E-state index in [2.05, 4.69) is 36.8 Å². The summed E-state index contributed by atoms with van der Waals surface area (Å²) in [6.45, 7) is 1.77. The number of carbonyl (C=O) groups excluding carboxylic acids is 1. The van der Waals surface area contributed by atoms with Crippen LogP contribution < -0.4 is 27.0 Å². The molecular weight excluding hydrogens is 523 g/mol. The lowest BCUT2D eigenvalue weighted by Crippen LogP contribution is -2.22. The van der Waals surface area contributed by atoms with Gasteiger partial charge in [-0.15, -0.1) is 29.9 Å². The number of pyridine rings is 1. The van der Waals surface area contributed by atoms with Gasteiger partial charge in [-0.1, -0.05) is 12.1 Å². The van der Waals surface area contributed by atoms with Crippen molar-refractivity contribution in [1.82, 2.24) is 4.98 Å². The predicted octanol–water partition coefficient (Wildman–Crippen LogP) is 5.14. The molecular formula is C27H30Cl2N8O. The molecule has 1 amide bonds. The number of rotatable bonds is 7. The number of hydrogen-bond donors (Lipinski definition) is 4. The third-order valence-electron chi connectivity index (χ3n) is 5.52. The van der Waals surface area contributed by atoms with Gasteiger partial charge in [0.25, 0.3) is 5.91 Å². The standard InChI is InChI=1S/C27H28N8O.2ClH/c1-17(33-34-27(28)29)18-5-4-6-19(15-18)26(36)32-21-9-7-20(8-10-21)31-25-13-14-30-24-12-11-22(35(2)3)16-23(24)25;;/h4-16H,1-3H3,(H,30,31)(H,32,36)(H4,28,29,34);2*1H/b33-17+;;. The Bertz CT molecular complexity index is 1470. The van der Waals surface area contributed by atoms with Crippen LogP contribution in [0.2, 0.25) is 0 Å². The third kappa shape index (κ3) is 7.34. The molecule has 11 heteroatoms. The minimum absolute atomic E-state index is 0. The van der Waals surface area contributed by atoms with Gasteiger partial charge in [-0.05, 0) is 73.2 Å². The zero-order valence-corrected chi connectivity index (χ0v) is 22.8. The number of halogens is 2. The molecule has 0 fully saturated rings. The summed E-state index contributed by atoms with van der Waals surface area (Å²) in [4.78, 5) is 19.3. The fourth-order valence-electron chi connectivity index (χ4n) is 3.59. The van der Waals surface area contributed by atoms with Gasteiger partial charge in [0, 0.05) is 54.0 Å². The molecule has 0 atom stereocenters. The first-order valence-electron chi connectivity index (χ1n) is 11.3. The van der Waals surface area contributed by atoms with Gasteiger partial charge < -0.3 is 27.0 Å². The number of aromatic nitrogens is 1. The molecule has 38 heavy (non-hydrogen) atoms. The molecule has 9 nitrogen and oxygen atoms in total. The van der Waals surface area contributed by atoms with Crippen molar-refractivity contribution in [2.45, 2.75) is 6.92 Å². The van der Waals surface area contributed by atoms with Crippen LogP contribution in [0, 0.1) is 0 Å². The van der Waals surface area contributed by atoms with Crippen LogP contribution in [0.5, 0.6) is 0 Å². The minimum atomic E-state index is -0.233. The van der Waals surface area contributed by atoms with Crippen LogP contribution in [0.25, 0.3) is 10.9 Å². The number of benzene rings is 3. The Hall–Kier alpha value is -4.34. The smallest absolute Gasteiger partial charge is 0.255 e. The molecule has 1 heterocycles. The van der Waals surface area contributed by atoms with E-state index in [0.717, 1.165) is 33.5 Å². The summed E-state index contributed by atoms with van der Waals surface area (Å²) in [7, 11) is 4.02. The average Bonchev–Trinajstić information content (AvgIpc) is 2.88. The first-order chi connectivity index (χ1) is 17.3. The van der Waals surface area contributed by atoms with E-state index < -0.39 is 0 Å². The van der Waals surface area contributed by atoms with Crippen molar-refractivity contribution in [3.05, 3.63) is 90.1 Å². The maximum Gasteiger partial charge on any atom is 0.255 e. The lowest BCUT2D eigenvalue weighted by Gasteiger charge is -2.15. The van der Waals surface area contributed by atoms with Crippen molar-refractivity contribution in [2.24, 2.45) is 21.7 Å². The van der Waals surface area contributed by atoms with E-state index in [1.807, 2.05) is 62.6 Å². The van der Waals surface area contributed by atoms with Crippen molar-refractivity contribution >= 4 is 76.0 Å². The van der Waals surface area contributed by atoms with Gasteiger partial charge in [-0.2, -0.15) is 5.10 Å². The maximum absolute atomic E-state index is 12.8. The Balaban J connectivity index is 0.00000253. The largest absolute Gasteiger partial charge is 0.378 e. The Morgan fingerprint density at radius 1 is 0.868 bits per heavy atom. The van der Waals surface area contributed by atoms with E-state index in [-0.39, 0.29) is 36.7 Å². The summed E-state index contributed by atoms with van der Waals surface area (Å²) in [5, 5.41) is 15.0. The molecule has 0 aliphatic carbocycles. The van der Waals surface area contributed by atoms with E-state index in [0.29, 0.717) is 17.0 Å². The number of guanidine groups is 1. The molecule has 0 saturated heterocycles. The third-order valence-corrected chi connectivity index (χ3v) is 5.52. The lowest BCUT2D eigenvalue weighted by atomic mass is 10.1. The van der Waals surface area contributed by atoms with Crippen LogP contribution in [0.15, 0.2) is 89.2 Å². The number of anilines is 4. The van der Waals surface area contributed by atoms with Gasteiger partial charge in [0.05, 0.1) is 11.2 Å². The molecule has 4 rings (SSSR count). The Labute approximate surface area is 233 Å². The molecule has 3 aromatic carbocycles. The number of fused-ring (bicyclic) bond motifs is 1. The highest BCUT2D eigenvalue weighted by Gasteiger charge is 2.09. The second-order valence-corrected chi connectivity index (χ2v) is 8.40. The van der Waals surface area contributed by atoms with Gasteiger partial charge in [0.2, 0.25) is 5.96 Å². The first kappa shape index (κ1) is 29.9. The van der Waals surface area contributed by atoms with Crippen LogP contribution >= 0.6 is 24.8 Å². The van der Waals surface area contributed by atoms with Crippen LogP contribution in [0.4, 0.5) is 22.7 Å². The van der Waals surface area contributed by atoms with Gasteiger partial charge >= 0.3 is 0 Å². The van der Waals surface area contributed by atoms with E-state index in [9.17, 15) is 4.79 Å². The quantitative estimate of drug-likeness (QED) is 0.142. The molecule has 0 aliphatic rings. The first-order valence-corrected chi connectivity index (χ1v) is 11.3. The zero-order chi connectivity index (χ0) is 25.7. The second-order valence-electron chi connectivity index (χ2n) is 8.40. The average molecular weight is 553 g/mol. The molecule has 0 aliphatic heterocycles. The van der Waals surface area contributed by atoms with E-state index in [4.69, 9.17) is 11.5 Å². The second kappa shape index (κ2) is 13.3. The highest BCUT2D eigenvalue weighted by molar-refractivity contribution is 6.07. The van der Waals surface area contributed by atoms with Crippen LogP contribution in [-0.4, -0.2) is 36.7 Å².